The van der Waals surface area contributed by atoms with Crippen molar-refractivity contribution in [1.29, 1.82) is 0 Å². The van der Waals surface area contributed by atoms with Crippen molar-refractivity contribution < 1.29 is 19.4 Å². The molecule has 0 saturated carbocycles. The highest BCUT2D eigenvalue weighted by Gasteiger charge is 2.13. The van der Waals surface area contributed by atoms with Gasteiger partial charge in [-0.1, -0.05) is 31.2 Å². The second kappa shape index (κ2) is 9.92. The van der Waals surface area contributed by atoms with Gasteiger partial charge in [-0.2, -0.15) is 0 Å². The van der Waals surface area contributed by atoms with E-state index in [1.165, 1.54) is 0 Å². The largest absolute Gasteiger partial charge is 0.480 e. The van der Waals surface area contributed by atoms with Gasteiger partial charge in [-0.25, -0.2) is 0 Å². The van der Waals surface area contributed by atoms with Crippen molar-refractivity contribution >= 4 is 11.9 Å². The zero-order valence-electron chi connectivity index (χ0n) is 13.2. The Hall–Kier alpha value is -1.92. The third kappa shape index (κ3) is 6.69. The maximum Gasteiger partial charge on any atom is 0.317 e. The Kier molecular flexibility index (Phi) is 8.17. The number of rotatable bonds is 10. The number of nitrogens with one attached hydrogen (secondary N) is 1. The highest BCUT2D eigenvalue weighted by atomic mass is 16.5. The number of amides is 1. The molecule has 0 saturated heterocycles. The molecule has 1 aromatic rings. The van der Waals surface area contributed by atoms with Crippen molar-refractivity contribution in [3.63, 3.8) is 0 Å². The van der Waals surface area contributed by atoms with Crippen molar-refractivity contribution in [3.8, 4) is 0 Å². The van der Waals surface area contributed by atoms with Crippen LogP contribution in [0.15, 0.2) is 24.3 Å². The van der Waals surface area contributed by atoms with Crippen molar-refractivity contribution in [1.82, 2.24) is 10.2 Å². The Morgan fingerprint density at radius 3 is 2.50 bits per heavy atom. The van der Waals surface area contributed by atoms with Crippen molar-refractivity contribution in [2.24, 2.45) is 0 Å². The van der Waals surface area contributed by atoms with Crippen LogP contribution in [0.25, 0.3) is 0 Å². The molecule has 2 N–H and O–H groups in total. The fourth-order valence-corrected chi connectivity index (χ4v) is 2.20. The van der Waals surface area contributed by atoms with Crippen molar-refractivity contribution in [3.05, 3.63) is 35.4 Å². The minimum atomic E-state index is -0.924. The first-order valence-corrected chi connectivity index (χ1v) is 7.33. The molecule has 0 aliphatic heterocycles. The first-order chi connectivity index (χ1) is 10.6. The fourth-order valence-electron chi connectivity index (χ4n) is 2.20. The second-order valence-corrected chi connectivity index (χ2v) is 5.08. The molecule has 0 fully saturated rings. The maximum atomic E-state index is 12.0. The van der Waals surface area contributed by atoms with Crippen molar-refractivity contribution in [2.45, 2.75) is 26.5 Å². The van der Waals surface area contributed by atoms with Gasteiger partial charge in [0, 0.05) is 13.7 Å². The number of carbonyl (C=O) groups excluding carboxylic acids is 1. The van der Waals surface area contributed by atoms with E-state index in [4.69, 9.17) is 9.84 Å². The Morgan fingerprint density at radius 2 is 1.91 bits per heavy atom. The predicted molar refractivity (Wildman–Crippen MR) is 83.4 cm³/mol. The highest BCUT2D eigenvalue weighted by Crippen LogP contribution is 2.09. The normalized spacial score (nSPS) is 10.7. The average molecular weight is 308 g/mol. The SMILES string of the molecule is CCCN(CC(=O)O)CC(=O)NCc1ccccc1COC. The minimum Gasteiger partial charge on any atom is -0.480 e. The highest BCUT2D eigenvalue weighted by molar-refractivity contribution is 5.79. The Morgan fingerprint density at radius 1 is 1.23 bits per heavy atom. The van der Waals surface area contributed by atoms with Crippen LogP contribution in [0.5, 0.6) is 0 Å². The number of methoxy groups -OCH3 is 1. The maximum absolute atomic E-state index is 12.0. The Labute approximate surface area is 131 Å². The summed E-state index contributed by atoms with van der Waals surface area (Å²) in [5.74, 6) is -1.10. The number of hydrogen-bond acceptors (Lipinski definition) is 4. The van der Waals surface area contributed by atoms with E-state index in [0.29, 0.717) is 19.7 Å². The number of hydrogen-bond donors (Lipinski definition) is 2. The topological polar surface area (TPSA) is 78.9 Å². The molecule has 122 valence electrons. The average Bonchev–Trinajstić information content (AvgIpc) is 2.46. The lowest BCUT2D eigenvalue weighted by Crippen LogP contribution is -2.40. The minimum absolute atomic E-state index is 0.0899. The number of nitrogens with zero attached hydrogens (tertiary/aromatic N) is 1. The number of ether oxygens (including phenoxy) is 1. The van der Waals surface area contributed by atoms with Crippen LogP contribution in [0.4, 0.5) is 0 Å². The van der Waals surface area contributed by atoms with E-state index in [-0.39, 0.29) is 19.0 Å². The van der Waals surface area contributed by atoms with E-state index in [0.717, 1.165) is 17.5 Å². The third-order valence-corrected chi connectivity index (χ3v) is 3.16. The molecule has 0 atom stereocenters. The van der Waals surface area contributed by atoms with E-state index < -0.39 is 5.97 Å². The molecule has 22 heavy (non-hydrogen) atoms. The second-order valence-electron chi connectivity index (χ2n) is 5.08. The summed E-state index contributed by atoms with van der Waals surface area (Å²) >= 11 is 0. The Balaban J connectivity index is 2.52. The van der Waals surface area contributed by atoms with E-state index in [1.54, 1.807) is 12.0 Å². The molecule has 0 radical (unpaired) electrons. The molecule has 1 rings (SSSR count). The van der Waals surface area contributed by atoms with Gasteiger partial charge in [0.25, 0.3) is 0 Å². The predicted octanol–water partition coefficient (Wildman–Crippen LogP) is 1.25. The summed E-state index contributed by atoms with van der Waals surface area (Å²) in [6.07, 6.45) is 0.803. The van der Waals surface area contributed by atoms with Gasteiger partial charge in [-0.3, -0.25) is 14.5 Å². The van der Waals surface area contributed by atoms with Gasteiger partial charge in [0.2, 0.25) is 5.91 Å². The quantitative estimate of drug-likeness (QED) is 0.680. The number of carboxylic acid groups (broad SMARTS) is 1. The van der Waals surface area contributed by atoms with Crippen LogP contribution in [0.3, 0.4) is 0 Å². The number of carboxylic acids is 1. The smallest absolute Gasteiger partial charge is 0.317 e. The summed E-state index contributed by atoms with van der Waals surface area (Å²) < 4.78 is 5.13. The van der Waals surface area contributed by atoms with E-state index in [9.17, 15) is 9.59 Å². The standard InChI is InChI=1S/C16H24N2O4/c1-3-8-18(11-16(20)21)10-15(19)17-9-13-6-4-5-7-14(13)12-22-2/h4-7H,3,8-12H2,1-2H3,(H,17,19)(H,20,21). The molecule has 1 amide bonds. The summed E-state index contributed by atoms with van der Waals surface area (Å²) in [6, 6.07) is 7.73. The summed E-state index contributed by atoms with van der Waals surface area (Å²) in [5.41, 5.74) is 2.03. The first-order valence-electron chi connectivity index (χ1n) is 7.33. The van der Waals surface area contributed by atoms with Gasteiger partial charge in [0.05, 0.1) is 19.7 Å². The molecular weight excluding hydrogens is 284 g/mol. The van der Waals surface area contributed by atoms with Crippen molar-refractivity contribution in [2.75, 3.05) is 26.7 Å². The number of carbonyl (C=O) groups is 2. The summed E-state index contributed by atoms with van der Waals surface area (Å²) in [5, 5.41) is 11.7. The van der Waals surface area contributed by atoms with Crippen LogP contribution in [-0.2, 0) is 27.5 Å². The van der Waals surface area contributed by atoms with E-state index in [1.807, 2.05) is 31.2 Å². The zero-order valence-corrected chi connectivity index (χ0v) is 13.2. The summed E-state index contributed by atoms with van der Waals surface area (Å²) in [4.78, 5) is 24.4. The molecule has 0 aromatic heterocycles. The van der Waals surface area contributed by atoms with Crippen LogP contribution < -0.4 is 5.32 Å². The lowest BCUT2D eigenvalue weighted by atomic mass is 10.1. The van der Waals surface area contributed by atoms with Gasteiger partial charge in [0.15, 0.2) is 0 Å². The fraction of sp³-hybridized carbons (Fsp3) is 0.500. The number of aliphatic carboxylic acids is 1. The van der Waals surface area contributed by atoms with Crippen LogP contribution >= 0.6 is 0 Å². The zero-order chi connectivity index (χ0) is 16.4. The first kappa shape index (κ1) is 18.1. The van der Waals surface area contributed by atoms with Gasteiger partial charge in [-0.15, -0.1) is 0 Å². The van der Waals surface area contributed by atoms with E-state index >= 15 is 0 Å². The lowest BCUT2D eigenvalue weighted by Gasteiger charge is -2.19. The molecule has 6 heteroatoms. The molecule has 1 aromatic carbocycles. The van der Waals surface area contributed by atoms with Crippen LogP contribution in [-0.4, -0.2) is 48.6 Å². The van der Waals surface area contributed by atoms with Gasteiger partial charge < -0.3 is 15.2 Å². The summed E-state index contributed by atoms with van der Waals surface area (Å²) in [6.45, 7) is 3.40. The van der Waals surface area contributed by atoms with Gasteiger partial charge in [0.1, 0.15) is 0 Å². The molecule has 0 unspecified atom stereocenters. The van der Waals surface area contributed by atoms with Crippen LogP contribution in [0.2, 0.25) is 0 Å². The third-order valence-electron chi connectivity index (χ3n) is 3.16. The summed E-state index contributed by atoms with van der Waals surface area (Å²) in [7, 11) is 1.63. The number of benzene rings is 1. The molecule has 6 nitrogen and oxygen atoms in total. The van der Waals surface area contributed by atoms with Crippen LogP contribution in [0.1, 0.15) is 24.5 Å². The Bertz CT molecular complexity index is 491. The molecular formula is C16H24N2O4. The molecule has 0 heterocycles. The lowest BCUT2D eigenvalue weighted by molar-refractivity contribution is -0.138. The molecule has 0 spiro atoms. The molecule has 0 aliphatic carbocycles. The molecule has 0 bridgehead atoms. The van der Waals surface area contributed by atoms with Crippen LogP contribution in [0, 0.1) is 0 Å². The van der Waals surface area contributed by atoms with Gasteiger partial charge in [-0.05, 0) is 24.1 Å². The van der Waals surface area contributed by atoms with E-state index in [2.05, 4.69) is 5.32 Å². The monoisotopic (exact) mass is 308 g/mol. The molecule has 0 aliphatic rings. The van der Waals surface area contributed by atoms with Gasteiger partial charge >= 0.3 is 5.97 Å².